The number of nitrogens with two attached hydrogens (primary N) is 1. The first-order valence-corrected chi connectivity index (χ1v) is 9.38. The number of carbonyl (C=O) groups excluding carboxylic acids is 2. The van der Waals surface area contributed by atoms with Gasteiger partial charge in [0.25, 0.3) is 0 Å². The lowest BCUT2D eigenvalue weighted by molar-refractivity contribution is -0.304. The fourth-order valence-corrected chi connectivity index (χ4v) is 3.53. The first-order chi connectivity index (χ1) is 14.5. The monoisotopic (exact) mass is 436 g/mol. The molecule has 1 aromatic heterocycles. The van der Waals surface area contributed by atoms with E-state index in [1.54, 1.807) is 26.0 Å². The Hall–Kier alpha value is -3.15. The van der Waals surface area contributed by atoms with Crippen molar-refractivity contribution in [3.63, 3.8) is 0 Å². The SMILES string of the molecule is COC1C(O)C(OC(N)=O)C(Oc2ccc3cc(NC(C)=O)c(=O)oc3c2)OC1(C)C. The van der Waals surface area contributed by atoms with Gasteiger partial charge in [-0.25, -0.2) is 9.59 Å². The maximum Gasteiger partial charge on any atom is 0.405 e. The van der Waals surface area contributed by atoms with E-state index >= 15 is 0 Å². The summed E-state index contributed by atoms with van der Waals surface area (Å²) in [5.74, 6) is -0.193. The number of methoxy groups -OCH3 is 1. The van der Waals surface area contributed by atoms with Crippen LogP contribution in [0.25, 0.3) is 11.0 Å². The summed E-state index contributed by atoms with van der Waals surface area (Å²) in [7, 11) is 1.39. The van der Waals surface area contributed by atoms with Crippen molar-refractivity contribution in [2.45, 2.75) is 51.0 Å². The number of rotatable bonds is 5. The minimum Gasteiger partial charge on any atom is -0.461 e. The minimum absolute atomic E-state index is 0.00897. The van der Waals surface area contributed by atoms with E-state index in [9.17, 15) is 19.5 Å². The minimum atomic E-state index is -1.29. The third-order valence-electron chi connectivity index (χ3n) is 4.80. The Morgan fingerprint density at radius 3 is 2.58 bits per heavy atom. The molecule has 0 saturated carbocycles. The van der Waals surface area contributed by atoms with Crippen LogP contribution in [0.15, 0.2) is 33.5 Å². The van der Waals surface area contributed by atoms with E-state index in [0.717, 1.165) is 0 Å². The smallest absolute Gasteiger partial charge is 0.405 e. The van der Waals surface area contributed by atoms with Crippen LogP contribution in [-0.4, -0.2) is 54.4 Å². The molecule has 11 heteroatoms. The van der Waals surface area contributed by atoms with Crippen LogP contribution in [0.4, 0.5) is 10.5 Å². The summed E-state index contributed by atoms with van der Waals surface area (Å²) < 4.78 is 27.3. The number of hydrogen-bond acceptors (Lipinski definition) is 9. The van der Waals surface area contributed by atoms with Gasteiger partial charge >= 0.3 is 11.7 Å². The van der Waals surface area contributed by atoms with Gasteiger partial charge in [0.15, 0.2) is 6.10 Å². The van der Waals surface area contributed by atoms with Crippen LogP contribution in [0.2, 0.25) is 0 Å². The van der Waals surface area contributed by atoms with Crippen LogP contribution >= 0.6 is 0 Å². The zero-order valence-corrected chi connectivity index (χ0v) is 17.4. The Bertz CT molecular complexity index is 1050. The van der Waals surface area contributed by atoms with Crippen molar-refractivity contribution in [2.75, 3.05) is 12.4 Å². The molecule has 4 unspecified atom stereocenters. The van der Waals surface area contributed by atoms with E-state index in [2.05, 4.69) is 5.32 Å². The Labute approximate surface area is 177 Å². The molecule has 3 rings (SSSR count). The van der Waals surface area contributed by atoms with E-state index in [4.69, 9.17) is 29.1 Å². The predicted octanol–water partition coefficient (Wildman–Crippen LogP) is 1.10. The van der Waals surface area contributed by atoms with E-state index in [1.165, 1.54) is 26.2 Å². The number of primary amides is 1. The molecule has 1 aromatic carbocycles. The molecule has 1 aliphatic heterocycles. The van der Waals surface area contributed by atoms with Gasteiger partial charge in [-0.1, -0.05) is 0 Å². The molecular formula is C20H24N2O9. The van der Waals surface area contributed by atoms with E-state index in [-0.39, 0.29) is 17.0 Å². The number of carbonyl (C=O) groups is 2. The number of fused-ring (bicyclic) bond motifs is 1. The van der Waals surface area contributed by atoms with Crippen LogP contribution in [0.3, 0.4) is 0 Å². The summed E-state index contributed by atoms with van der Waals surface area (Å²) in [5.41, 5.74) is 3.60. The number of aliphatic hydroxyl groups is 1. The van der Waals surface area contributed by atoms with E-state index < -0.39 is 47.8 Å². The third kappa shape index (κ3) is 4.79. The topological polar surface area (TPSA) is 160 Å². The molecular weight excluding hydrogens is 412 g/mol. The Morgan fingerprint density at radius 1 is 1.26 bits per heavy atom. The lowest BCUT2D eigenvalue weighted by Gasteiger charge is -2.47. The van der Waals surface area contributed by atoms with Crippen LogP contribution < -0.4 is 21.4 Å². The molecule has 2 aromatic rings. The molecule has 0 aliphatic carbocycles. The molecule has 0 radical (unpaired) electrons. The van der Waals surface area contributed by atoms with Gasteiger partial charge in [-0.2, -0.15) is 0 Å². The standard InChI is InChI=1S/C20H24N2O9/c1-9(23)22-12-7-10-5-6-11(8-13(10)29-17(12)25)28-18-15(30-19(21)26)14(24)16(27-4)20(2,3)31-18/h5-8,14-16,18,24H,1-4H3,(H2,21,26)(H,22,23). The Morgan fingerprint density at radius 2 is 1.97 bits per heavy atom. The number of aliphatic hydroxyl groups excluding tert-OH is 1. The van der Waals surface area contributed by atoms with Gasteiger partial charge in [0.1, 0.15) is 29.2 Å². The molecule has 1 saturated heterocycles. The molecule has 4 atom stereocenters. The van der Waals surface area contributed by atoms with Crippen molar-refractivity contribution in [1.82, 2.24) is 0 Å². The van der Waals surface area contributed by atoms with E-state index in [1.807, 2.05) is 0 Å². The molecule has 0 spiro atoms. The molecule has 4 N–H and O–H groups in total. The Balaban J connectivity index is 1.92. The number of benzene rings is 1. The second-order valence-electron chi connectivity index (χ2n) is 7.58. The summed E-state index contributed by atoms with van der Waals surface area (Å²) in [6.07, 6.45) is -5.73. The number of ether oxygens (including phenoxy) is 4. The largest absolute Gasteiger partial charge is 0.461 e. The molecule has 31 heavy (non-hydrogen) atoms. The number of hydrogen-bond donors (Lipinski definition) is 3. The number of amides is 2. The predicted molar refractivity (Wildman–Crippen MR) is 108 cm³/mol. The lowest BCUT2D eigenvalue weighted by Crippen LogP contribution is -2.65. The van der Waals surface area contributed by atoms with Crippen molar-refractivity contribution in [2.24, 2.45) is 5.73 Å². The zero-order chi connectivity index (χ0) is 22.9. The lowest BCUT2D eigenvalue weighted by atomic mass is 9.89. The van der Waals surface area contributed by atoms with Gasteiger partial charge in [0.2, 0.25) is 12.2 Å². The van der Waals surface area contributed by atoms with Crippen molar-refractivity contribution < 1.29 is 38.1 Å². The first-order valence-electron chi connectivity index (χ1n) is 9.38. The summed E-state index contributed by atoms with van der Waals surface area (Å²) in [6, 6.07) is 6.07. The summed E-state index contributed by atoms with van der Waals surface area (Å²) in [4.78, 5) is 34.6. The molecule has 1 fully saturated rings. The molecule has 11 nitrogen and oxygen atoms in total. The van der Waals surface area contributed by atoms with Gasteiger partial charge in [-0.15, -0.1) is 0 Å². The van der Waals surface area contributed by atoms with E-state index in [0.29, 0.717) is 5.39 Å². The van der Waals surface area contributed by atoms with Crippen molar-refractivity contribution in [3.8, 4) is 5.75 Å². The maximum absolute atomic E-state index is 12.1. The fraction of sp³-hybridized carbons (Fsp3) is 0.450. The molecule has 1 aliphatic rings. The van der Waals surface area contributed by atoms with Crippen LogP contribution in [0, 0.1) is 0 Å². The molecule has 2 amide bonds. The van der Waals surface area contributed by atoms with Gasteiger partial charge < -0.3 is 39.5 Å². The number of nitrogens with one attached hydrogen (secondary N) is 1. The highest BCUT2D eigenvalue weighted by Crippen LogP contribution is 2.34. The first kappa shape index (κ1) is 22.5. The van der Waals surface area contributed by atoms with Crippen LogP contribution in [0.5, 0.6) is 5.75 Å². The van der Waals surface area contributed by atoms with Crippen molar-refractivity contribution in [3.05, 3.63) is 34.7 Å². The highest BCUT2D eigenvalue weighted by Gasteiger charge is 2.52. The van der Waals surface area contributed by atoms with Gasteiger partial charge in [-0.3, -0.25) is 4.79 Å². The van der Waals surface area contributed by atoms with Crippen LogP contribution in [0.1, 0.15) is 20.8 Å². The average Bonchev–Trinajstić information content (AvgIpc) is 2.65. The fourth-order valence-electron chi connectivity index (χ4n) is 3.53. The van der Waals surface area contributed by atoms with Crippen molar-refractivity contribution >= 4 is 28.7 Å². The maximum atomic E-state index is 12.1. The molecule has 2 heterocycles. The summed E-state index contributed by atoms with van der Waals surface area (Å²) in [6.45, 7) is 4.65. The highest BCUT2D eigenvalue weighted by atomic mass is 16.7. The Kier molecular flexibility index (Phi) is 6.20. The quantitative estimate of drug-likeness (QED) is 0.583. The van der Waals surface area contributed by atoms with Crippen molar-refractivity contribution in [1.29, 1.82) is 0 Å². The highest BCUT2D eigenvalue weighted by molar-refractivity contribution is 5.91. The summed E-state index contributed by atoms with van der Waals surface area (Å²) >= 11 is 0. The molecule has 168 valence electrons. The normalized spacial score (nSPS) is 25.1. The second-order valence-corrected chi connectivity index (χ2v) is 7.58. The van der Waals surface area contributed by atoms with Crippen LogP contribution in [-0.2, 0) is 19.0 Å². The van der Waals surface area contributed by atoms with Gasteiger partial charge in [0, 0.05) is 25.5 Å². The van der Waals surface area contributed by atoms with Gasteiger partial charge in [-0.05, 0) is 32.0 Å². The van der Waals surface area contributed by atoms with Gasteiger partial charge in [0.05, 0.1) is 5.60 Å². The summed E-state index contributed by atoms with van der Waals surface area (Å²) in [5, 5.41) is 13.6. The number of anilines is 1. The molecule has 0 bridgehead atoms. The second kappa shape index (κ2) is 8.53. The average molecular weight is 436 g/mol. The zero-order valence-electron chi connectivity index (χ0n) is 17.4. The third-order valence-corrected chi connectivity index (χ3v) is 4.80.